The van der Waals surface area contributed by atoms with Gasteiger partial charge in [0, 0.05) is 32.6 Å². The summed E-state index contributed by atoms with van der Waals surface area (Å²) in [6.07, 6.45) is -6.62. The number of carbonyl (C=O) groups is 14. The highest BCUT2D eigenvalue weighted by Gasteiger charge is 2.36. The van der Waals surface area contributed by atoms with Crippen LogP contribution in [0.5, 0.6) is 0 Å². The van der Waals surface area contributed by atoms with Gasteiger partial charge in [-0.1, -0.05) is 58.0 Å². The van der Waals surface area contributed by atoms with Gasteiger partial charge in [-0.25, -0.2) is 0 Å². The Balaban J connectivity index is 3.37. The molecule has 1 aromatic rings. The molecule has 0 aromatic heterocycles. The number of aliphatic hydroxyl groups is 1. The average Bonchev–Trinajstić information content (AvgIpc) is 3.31. The van der Waals surface area contributed by atoms with Crippen molar-refractivity contribution in [3.63, 3.8) is 0 Å². The molecule has 0 aliphatic heterocycles. The molecule has 17 N–H and O–H groups in total. The first-order valence-electron chi connectivity index (χ1n) is 24.5. The van der Waals surface area contributed by atoms with Gasteiger partial charge in [-0.15, -0.1) is 0 Å². The number of nitrogens with one attached hydrogen (secondary N) is 9. The molecule has 0 aliphatic rings. The van der Waals surface area contributed by atoms with Gasteiger partial charge in [-0.05, 0) is 56.4 Å². The highest BCUT2D eigenvalue weighted by molar-refractivity contribution is 5.99. The maximum atomic E-state index is 13.8. The summed E-state index contributed by atoms with van der Waals surface area (Å²) in [6, 6.07) is -4.55. The van der Waals surface area contributed by atoms with Crippen molar-refractivity contribution in [2.75, 3.05) is 6.54 Å². The fourth-order valence-corrected chi connectivity index (χ4v) is 7.28. The molecule has 9 atom stereocenters. The first-order chi connectivity index (χ1) is 35.9. The van der Waals surface area contributed by atoms with Gasteiger partial charge in [0.1, 0.15) is 48.3 Å². The third-order valence-corrected chi connectivity index (χ3v) is 11.1. The normalized spacial score (nSPS) is 14.5. The fraction of sp³-hybridized carbons (Fsp3) is 0.583. The zero-order chi connectivity index (χ0) is 58.7. The molecule has 0 spiro atoms. The summed E-state index contributed by atoms with van der Waals surface area (Å²) in [7, 11) is 0. The summed E-state index contributed by atoms with van der Waals surface area (Å²) in [5, 5.41) is 59.5. The van der Waals surface area contributed by atoms with Crippen LogP contribution >= 0.6 is 0 Å². The topological polar surface area (TPSA) is 480 Å². The van der Waals surface area contributed by atoms with Crippen LogP contribution < -0.4 is 59.3 Å². The molecule has 0 bridgehead atoms. The number of carboxylic acid groups (broad SMARTS) is 3. The molecule has 0 fully saturated rings. The van der Waals surface area contributed by atoms with Gasteiger partial charge < -0.3 is 79.7 Å². The Morgan fingerprint density at radius 3 is 1.35 bits per heavy atom. The summed E-state index contributed by atoms with van der Waals surface area (Å²) in [5.41, 5.74) is 11.4. The number of benzene rings is 1. The number of hydrogen-bond donors (Lipinski definition) is 15. The predicted octanol–water partition coefficient (Wildman–Crippen LogP) is -4.33. The van der Waals surface area contributed by atoms with Crippen LogP contribution in [0.2, 0.25) is 0 Å². The van der Waals surface area contributed by atoms with E-state index in [9.17, 15) is 87.5 Å². The molecule has 0 saturated carbocycles. The van der Waals surface area contributed by atoms with Gasteiger partial charge in [0.15, 0.2) is 0 Å². The van der Waals surface area contributed by atoms with Crippen molar-refractivity contribution < 1.29 is 87.5 Å². The molecular formula is C48H73N11O18. The van der Waals surface area contributed by atoms with Gasteiger partial charge in [-0.2, -0.15) is 0 Å². The Hall–Kier alpha value is -8.24. The molecule has 29 heteroatoms. The van der Waals surface area contributed by atoms with Crippen molar-refractivity contribution >= 4 is 82.9 Å². The van der Waals surface area contributed by atoms with Crippen LogP contribution in [0.25, 0.3) is 0 Å². The zero-order valence-electron chi connectivity index (χ0n) is 43.7. The van der Waals surface area contributed by atoms with Crippen LogP contribution in [-0.4, -0.2) is 164 Å². The van der Waals surface area contributed by atoms with E-state index in [0.717, 1.165) is 13.8 Å². The van der Waals surface area contributed by atoms with Gasteiger partial charge in [0.2, 0.25) is 65.0 Å². The van der Waals surface area contributed by atoms with Crippen molar-refractivity contribution in [2.45, 2.75) is 160 Å². The Labute approximate surface area is 443 Å². The van der Waals surface area contributed by atoms with Crippen molar-refractivity contribution in [1.29, 1.82) is 0 Å². The number of rotatable bonds is 36. The number of carboxylic acids is 3. The largest absolute Gasteiger partial charge is 0.481 e. The van der Waals surface area contributed by atoms with Crippen molar-refractivity contribution in [1.82, 2.24) is 47.9 Å². The van der Waals surface area contributed by atoms with E-state index in [1.807, 2.05) is 0 Å². The number of hydrogen-bond acceptors (Lipinski definition) is 15. The van der Waals surface area contributed by atoms with Gasteiger partial charge in [-0.3, -0.25) is 67.1 Å². The lowest BCUT2D eigenvalue weighted by Crippen LogP contribution is -2.61. The number of aliphatic carboxylic acids is 3. The van der Waals surface area contributed by atoms with E-state index in [-0.39, 0.29) is 31.1 Å². The highest BCUT2D eigenvalue weighted by atomic mass is 16.4. The molecule has 77 heavy (non-hydrogen) atoms. The molecule has 0 heterocycles. The lowest BCUT2D eigenvalue weighted by Gasteiger charge is -2.27. The second-order valence-corrected chi connectivity index (χ2v) is 18.9. The van der Waals surface area contributed by atoms with Crippen molar-refractivity contribution in [2.24, 2.45) is 23.3 Å². The second-order valence-electron chi connectivity index (χ2n) is 18.9. The summed E-state index contributed by atoms with van der Waals surface area (Å²) in [5.74, 6) is -16.2. The summed E-state index contributed by atoms with van der Waals surface area (Å²) in [6.45, 7) is 8.20. The van der Waals surface area contributed by atoms with Crippen LogP contribution in [0.1, 0.15) is 105 Å². The maximum absolute atomic E-state index is 13.8. The monoisotopic (exact) mass is 1090 g/mol. The number of primary amides is 2. The van der Waals surface area contributed by atoms with E-state index in [2.05, 4.69) is 47.9 Å². The average molecular weight is 1090 g/mol. The minimum absolute atomic E-state index is 0.0614. The molecule has 0 saturated heterocycles. The Kier molecular flexibility index (Phi) is 29.2. The number of nitrogens with two attached hydrogens (primary N) is 2. The fourth-order valence-electron chi connectivity index (χ4n) is 7.28. The molecule has 1 rings (SSSR count). The first kappa shape index (κ1) is 66.8. The van der Waals surface area contributed by atoms with E-state index < -0.39 is 189 Å². The third-order valence-electron chi connectivity index (χ3n) is 11.1. The molecule has 0 unspecified atom stereocenters. The molecule has 29 nitrogen and oxygen atoms in total. The molecule has 1 aromatic carbocycles. The van der Waals surface area contributed by atoms with E-state index in [1.54, 1.807) is 58.0 Å². The van der Waals surface area contributed by atoms with Crippen molar-refractivity contribution in [3.05, 3.63) is 35.9 Å². The number of amides is 11. The zero-order valence-corrected chi connectivity index (χ0v) is 43.7. The maximum Gasteiger partial charge on any atom is 0.305 e. The molecular weight excluding hydrogens is 1020 g/mol. The lowest BCUT2D eigenvalue weighted by atomic mass is 10.0. The standard InChI is InChI=1S/C48H73N11O18/c1-23(2)18-31(41(50)70)56-46(75)33(20-27-10-8-7-9-11-27)57-42(71)28(12-15-35(49)62)53-36(63)22-51-48(77)40(25(5)60)59-44(73)30(14-17-38(66)67)54-43(72)29(13-16-37(64)65)55-47(76)34(21-39(68)69)58-45(74)32(19-24(3)4)52-26(6)61/h7-11,23-25,28-34,40,60H,12-22H2,1-6H3,(H2,49,62)(H2,50,70)(H,51,77)(H,52,61)(H,53,63)(H,54,72)(H,55,76)(H,56,75)(H,57,71)(H,58,74)(H,59,73)(H,64,65)(H,66,67)(H,68,69)/t25-,28+,29+,30+,31+,32+,33+,34+,40+/m1/s1. The van der Waals surface area contributed by atoms with Crippen LogP contribution in [0, 0.1) is 11.8 Å². The SMILES string of the molecule is CC(=O)N[C@@H](CC(C)C)C(=O)N[C@@H](CC(=O)O)C(=O)N[C@@H](CCC(=O)O)C(=O)N[C@@H](CCC(=O)O)C(=O)N[C@H](C(=O)NCC(=O)N[C@@H](CCC(N)=O)C(=O)N[C@@H](Cc1ccccc1)C(=O)N[C@@H](CC(C)C)C(N)=O)[C@@H](C)O. The Morgan fingerprint density at radius 2 is 0.896 bits per heavy atom. The summed E-state index contributed by atoms with van der Waals surface area (Å²) in [4.78, 5) is 179. The van der Waals surface area contributed by atoms with Crippen LogP contribution in [0.3, 0.4) is 0 Å². The van der Waals surface area contributed by atoms with E-state index in [1.165, 1.54) is 0 Å². The quantitative estimate of drug-likeness (QED) is 0.0302. The van der Waals surface area contributed by atoms with E-state index in [0.29, 0.717) is 5.56 Å². The lowest BCUT2D eigenvalue weighted by molar-refractivity contribution is -0.142. The summed E-state index contributed by atoms with van der Waals surface area (Å²) >= 11 is 0. The predicted molar refractivity (Wildman–Crippen MR) is 268 cm³/mol. The van der Waals surface area contributed by atoms with E-state index in [4.69, 9.17) is 11.5 Å². The number of aliphatic hydroxyl groups excluding tert-OH is 1. The summed E-state index contributed by atoms with van der Waals surface area (Å²) < 4.78 is 0. The molecule has 0 aliphatic carbocycles. The van der Waals surface area contributed by atoms with Crippen LogP contribution in [-0.2, 0) is 73.5 Å². The Bertz CT molecular complexity index is 2280. The molecule has 11 amide bonds. The smallest absolute Gasteiger partial charge is 0.305 e. The second kappa shape index (κ2) is 33.6. The minimum atomic E-state index is -1.95. The van der Waals surface area contributed by atoms with Crippen LogP contribution in [0.15, 0.2) is 30.3 Å². The third kappa shape index (κ3) is 27.2. The van der Waals surface area contributed by atoms with E-state index >= 15 is 0 Å². The minimum Gasteiger partial charge on any atom is -0.481 e. The van der Waals surface area contributed by atoms with Gasteiger partial charge in [0.25, 0.3) is 0 Å². The van der Waals surface area contributed by atoms with Gasteiger partial charge in [0.05, 0.1) is 19.1 Å². The molecule has 428 valence electrons. The van der Waals surface area contributed by atoms with Gasteiger partial charge >= 0.3 is 17.9 Å². The Morgan fingerprint density at radius 1 is 0.481 bits per heavy atom. The highest BCUT2D eigenvalue weighted by Crippen LogP contribution is 2.11. The van der Waals surface area contributed by atoms with Crippen LogP contribution in [0.4, 0.5) is 0 Å². The number of carbonyl (C=O) groups excluding carboxylic acids is 11. The first-order valence-corrected chi connectivity index (χ1v) is 24.5. The van der Waals surface area contributed by atoms with Crippen molar-refractivity contribution in [3.8, 4) is 0 Å². The molecule has 0 radical (unpaired) electrons.